The molecule has 0 aliphatic carbocycles. The van der Waals surface area contributed by atoms with Crippen LogP contribution in [0.25, 0.3) is 11.0 Å². The van der Waals surface area contributed by atoms with Crippen LogP contribution in [0.2, 0.25) is 0 Å². The van der Waals surface area contributed by atoms with Gasteiger partial charge in [0.05, 0.1) is 16.3 Å². The fourth-order valence-electron chi connectivity index (χ4n) is 3.80. The molecule has 134 valence electrons. The minimum atomic E-state index is -3.68. The number of para-hydroxylation sites is 2. The van der Waals surface area contributed by atoms with Crippen LogP contribution < -0.4 is 4.90 Å². The number of anilines is 3. The van der Waals surface area contributed by atoms with Gasteiger partial charge in [0.15, 0.2) is 0 Å². The van der Waals surface area contributed by atoms with E-state index in [1.54, 1.807) is 24.3 Å². The Balaban J connectivity index is 1.93. The average molecular weight is 375 g/mol. The minimum absolute atomic E-state index is 0.233. The number of furan rings is 1. The van der Waals surface area contributed by atoms with E-state index in [2.05, 4.69) is 6.07 Å². The summed E-state index contributed by atoms with van der Waals surface area (Å²) in [6, 6.07) is 20.5. The minimum Gasteiger partial charge on any atom is -0.438 e. The SMILES string of the molecule is Cc1ccc(N2c3ccccc3S(=O)(=O)c3c2oc2ccccc32)c(C)c1. The van der Waals surface area contributed by atoms with Gasteiger partial charge in [-0.3, -0.25) is 4.90 Å². The fourth-order valence-corrected chi connectivity index (χ4v) is 5.53. The monoisotopic (exact) mass is 375 g/mol. The summed E-state index contributed by atoms with van der Waals surface area (Å²) in [7, 11) is -3.68. The van der Waals surface area contributed by atoms with Crippen LogP contribution in [0.5, 0.6) is 0 Å². The van der Waals surface area contributed by atoms with Gasteiger partial charge in [-0.1, -0.05) is 42.0 Å². The topological polar surface area (TPSA) is 50.5 Å². The van der Waals surface area contributed by atoms with E-state index in [0.29, 0.717) is 27.4 Å². The summed E-state index contributed by atoms with van der Waals surface area (Å²) in [4.78, 5) is 2.45. The summed E-state index contributed by atoms with van der Waals surface area (Å²) in [6.07, 6.45) is 0. The van der Waals surface area contributed by atoms with Crippen LogP contribution in [0.4, 0.5) is 17.3 Å². The number of benzene rings is 3. The Kier molecular flexibility index (Phi) is 3.27. The van der Waals surface area contributed by atoms with Crippen molar-refractivity contribution in [2.75, 3.05) is 4.90 Å². The van der Waals surface area contributed by atoms with E-state index in [0.717, 1.165) is 16.8 Å². The van der Waals surface area contributed by atoms with Crippen LogP contribution in [0.1, 0.15) is 11.1 Å². The molecule has 0 saturated carbocycles. The van der Waals surface area contributed by atoms with Gasteiger partial charge in [0, 0.05) is 5.39 Å². The highest BCUT2D eigenvalue weighted by Gasteiger charge is 2.40. The van der Waals surface area contributed by atoms with E-state index in [9.17, 15) is 8.42 Å². The summed E-state index contributed by atoms with van der Waals surface area (Å²) in [6.45, 7) is 4.06. The maximum atomic E-state index is 13.4. The van der Waals surface area contributed by atoms with Crippen LogP contribution in [-0.4, -0.2) is 8.42 Å². The normalized spacial score (nSPS) is 14.8. The standard InChI is InChI=1S/C22H17NO3S/c1-14-11-12-17(15(2)13-14)23-18-8-4-6-10-20(18)27(24,25)21-16-7-3-5-9-19(16)26-22(21)23/h3-13H,1-2H3. The second-order valence-electron chi connectivity index (χ2n) is 6.83. The predicted octanol–water partition coefficient (Wildman–Crippen LogP) is 5.67. The maximum absolute atomic E-state index is 13.4. The summed E-state index contributed by atoms with van der Waals surface area (Å²) < 4.78 is 32.9. The van der Waals surface area contributed by atoms with Crippen LogP contribution in [-0.2, 0) is 9.84 Å². The van der Waals surface area contributed by atoms with Gasteiger partial charge < -0.3 is 4.42 Å². The Morgan fingerprint density at radius 3 is 2.41 bits per heavy atom. The highest BCUT2D eigenvalue weighted by Crippen LogP contribution is 2.52. The molecule has 1 aromatic heterocycles. The molecule has 0 spiro atoms. The molecule has 27 heavy (non-hydrogen) atoms. The smallest absolute Gasteiger partial charge is 0.225 e. The summed E-state index contributed by atoms with van der Waals surface area (Å²) in [5.41, 5.74) is 4.28. The van der Waals surface area contributed by atoms with Gasteiger partial charge >= 0.3 is 0 Å². The zero-order chi connectivity index (χ0) is 18.8. The molecule has 4 nitrogen and oxygen atoms in total. The second-order valence-corrected chi connectivity index (χ2v) is 8.68. The summed E-state index contributed by atoms with van der Waals surface area (Å²) in [5, 5.41) is 0.608. The van der Waals surface area contributed by atoms with E-state index in [-0.39, 0.29) is 4.90 Å². The first-order chi connectivity index (χ1) is 13.0. The zero-order valence-corrected chi connectivity index (χ0v) is 15.7. The van der Waals surface area contributed by atoms with Crippen molar-refractivity contribution in [3.05, 3.63) is 77.9 Å². The molecule has 0 amide bonds. The molecule has 0 radical (unpaired) electrons. The molecule has 0 fully saturated rings. The lowest BCUT2D eigenvalue weighted by atomic mass is 10.1. The fraction of sp³-hybridized carbons (Fsp3) is 0.0909. The van der Waals surface area contributed by atoms with E-state index < -0.39 is 9.84 Å². The first-order valence-electron chi connectivity index (χ1n) is 8.71. The first kappa shape index (κ1) is 16.1. The number of rotatable bonds is 1. The summed E-state index contributed by atoms with van der Waals surface area (Å²) >= 11 is 0. The van der Waals surface area contributed by atoms with Gasteiger partial charge in [0.25, 0.3) is 0 Å². The number of sulfone groups is 1. The Hall–Kier alpha value is -3.05. The molecular formula is C22H17NO3S. The highest BCUT2D eigenvalue weighted by atomic mass is 32.2. The molecule has 4 aromatic rings. The Labute approximate surface area is 157 Å². The molecule has 0 unspecified atom stereocenters. The van der Waals surface area contributed by atoms with Crippen molar-refractivity contribution in [1.82, 2.24) is 0 Å². The van der Waals surface area contributed by atoms with Crippen molar-refractivity contribution in [3.63, 3.8) is 0 Å². The molecule has 5 rings (SSSR count). The molecule has 0 saturated heterocycles. The van der Waals surface area contributed by atoms with Crippen LogP contribution >= 0.6 is 0 Å². The maximum Gasteiger partial charge on any atom is 0.225 e. The molecule has 5 heteroatoms. The van der Waals surface area contributed by atoms with Crippen molar-refractivity contribution in [3.8, 4) is 0 Å². The molecule has 1 aliphatic rings. The highest BCUT2D eigenvalue weighted by molar-refractivity contribution is 7.92. The first-order valence-corrected chi connectivity index (χ1v) is 10.2. The number of fused-ring (bicyclic) bond motifs is 4. The van der Waals surface area contributed by atoms with Gasteiger partial charge in [-0.2, -0.15) is 0 Å². The third-order valence-corrected chi connectivity index (χ3v) is 6.85. The van der Waals surface area contributed by atoms with Crippen molar-refractivity contribution in [2.24, 2.45) is 0 Å². The van der Waals surface area contributed by atoms with Gasteiger partial charge in [-0.05, 0) is 49.7 Å². The zero-order valence-electron chi connectivity index (χ0n) is 14.9. The van der Waals surface area contributed by atoms with Crippen LogP contribution in [0.15, 0.2) is 80.9 Å². The second kappa shape index (κ2) is 5.47. The number of hydrogen-bond acceptors (Lipinski definition) is 4. The molecule has 3 aromatic carbocycles. The lowest BCUT2D eigenvalue weighted by molar-refractivity contribution is 0.581. The number of hydrogen-bond donors (Lipinski definition) is 0. The van der Waals surface area contributed by atoms with Crippen LogP contribution in [0.3, 0.4) is 0 Å². The van der Waals surface area contributed by atoms with Crippen molar-refractivity contribution in [2.45, 2.75) is 23.6 Å². The van der Waals surface area contributed by atoms with Gasteiger partial charge in [-0.25, -0.2) is 8.42 Å². The average Bonchev–Trinajstić information content (AvgIpc) is 3.04. The van der Waals surface area contributed by atoms with Crippen LogP contribution in [0, 0.1) is 13.8 Å². The molecular weight excluding hydrogens is 358 g/mol. The van der Waals surface area contributed by atoms with Crippen molar-refractivity contribution >= 4 is 38.1 Å². The largest absolute Gasteiger partial charge is 0.438 e. The van der Waals surface area contributed by atoms with E-state index >= 15 is 0 Å². The molecule has 2 heterocycles. The van der Waals surface area contributed by atoms with Crippen molar-refractivity contribution in [1.29, 1.82) is 0 Å². The van der Waals surface area contributed by atoms with Gasteiger partial charge in [-0.15, -0.1) is 0 Å². The van der Waals surface area contributed by atoms with Gasteiger partial charge in [0.2, 0.25) is 15.7 Å². The third-order valence-electron chi connectivity index (χ3n) is 4.99. The van der Waals surface area contributed by atoms with Crippen molar-refractivity contribution < 1.29 is 12.8 Å². The van der Waals surface area contributed by atoms with E-state index in [1.165, 1.54) is 0 Å². The number of aryl methyl sites for hydroxylation is 2. The molecule has 1 aliphatic heterocycles. The lowest BCUT2D eigenvalue weighted by Crippen LogP contribution is -2.21. The lowest BCUT2D eigenvalue weighted by Gasteiger charge is -2.30. The summed E-state index contributed by atoms with van der Waals surface area (Å²) in [5.74, 6) is 0.349. The molecule has 0 bridgehead atoms. The predicted molar refractivity (Wildman–Crippen MR) is 106 cm³/mol. The Bertz CT molecular complexity index is 1320. The molecule has 0 atom stereocenters. The van der Waals surface area contributed by atoms with E-state index in [1.807, 2.05) is 55.1 Å². The quantitative estimate of drug-likeness (QED) is 0.379. The van der Waals surface area contributed by atoms with E-state index in [4.69, 9.17) is 4.42 Å². The Morgan fingerprint density at radius 2 is 1.59 bits per heavy atom. The van der Waals surface area contributed by atoms with Gasteiger partial charge in [0.1, 0.15) is 10.5 Å². The molecule has 0 N–H and O–H groups in total. The Morgan fingerprint density at radius 1 is 0.852 bits per heavy atom. The third kappa shape index (κ3) is 2.18. The number of nitrogens with zero attached hydrogens (tertiary/aromatic N) is 1.